The Hall–Kier alpha value is -0.250. The molecule has 0 aromatic heterocycles. The van der Waals surface area contributed by atoms with Crippen LogP contribution in [0, 0.1) is 5.41 Å². The predicted molar refractivity (Wildman–Crippen MR) is 55.1 cm³/mol. The summed E-state index contributed by atoms with van der Waals surface area (Å²) in [4.78, 5) is 12.5. The monoisotopic (exact) mass is 249 g/mol. The lowest BCUT2D eigenvalue weighted by Gasteiger charge is -2.42. The van der Waals surface area contributed by atoms with Crippen molar-refractivity contribution in [3.8, 4) is 0 Å². The van der Waals surface area contributed by atoms with E-state index in [9.17, 15) is 4.79 Å². The highest BCUT2D eigenvalue weighted by Gasteiger charge is 2.49. The fraction of sp³-hybridized carbons (Fsp3) is 0.889. The zero-order valence-electron chi connectivity index (χ0n) is 8.30. The first-order valence-corrected chi connectivity index (χ1v) is 5.28. The van der Waals surface area contributed by atoms with Crippen LogP contribution >= 0.6 is 15.9 Å². The van der Waals surface area contributed by atoms with Crippen molar-refractivity contribution in [1.82, 2.24) is 4.90 Å². The SMILES string of the molecule is CC(C)(C)C1(Br)CCCN1C(=O)O. The lowest BCUT2D eigenvalue weighted by molar-refractivity contribution is 0.0933. The van der Waals surface area contributed by atoms with Crippen LogP contribution in [0.5, 0.6) is 0 Å². The molecule has 0 spiro atoms. The lowest BCUT2D eigenvalue weighted by Crippen LogP contribution is -2.50. The van der Waals surface area contributed by atoms with E-state index in [0.29, 0.717) is 6.54 Å². The minimum absolute atomic E-state index is 0.0676. The molecule has 1 atom stereocenters. The van der Waals surface area contributed by atoms with Crippen molar-refractivity contribution in [2.45, 2.75) is 38.1 Å². The first kappa shape index (κ1) is 10.8. The maximum Gasteiger partial charge on any atom is 0.408 e. The van der Waals surface area contributed by atoms with Gasteiger partial charge in [0.25, 0.3) is 0 Å². The van der Waals surface area contributed by atoms with Gasteiger partial charge in [-0.3, -0.25) is 4.90 Å². The molecule has 76 valence electrons. The van der Waals surface area contributed by atoms with Gasteiger partial charge in [-0.1, -0.05) is 36.7 Å². The Kier molecular flexibility index (Phi) is 2.63. The molecular weight excluding hydrogens is 234 g/mol. The number of likely N-dealkylation sites (tertiary alicyclic amines) is 1. The van der Waals surface area contributed by atoms with Crippen LogP contribution in [0.4, 0.5) is 4.79 Å². The highest BCUT2D eigenvalue weighted by molar-refractivity contribution is 9.10. The van der Waals surface area contributed by atoms with Gasteiger partial charge in [0.1, 0.15) is 4.45 Å². The summed E-state index contributed by atoms with van der Waals surface area (Å²) in [6.07, 6.45) is 1.00. The topological polar surface area (TPSA) is 40.5 Å². The minimum atomic E-state index is -0.829. The van der Waals surface area contributed by atoms with Crippen molar-refractivity contribution in [2.75, 3.05) is 6.54 Å². The normalized spacial score (nSPS) is 29.4. The summed E-state index contributed by atoms with van der Waals surface area (Å²) in [6, 6.07) is 0. The Bertz CT molecular complexity index is 224. The van der Waals surface area contributed by atoms with Crippen molar-refractivity contribution in [3.05, 3.63) is 0 Å². The number of carboxylic acid groups (broad SMARTS) is 1. The van der Waals surface area contributed by atoms with Crippen molar-refractivity contribution < 1.29 is 9.90 Å². The van der Waals surface area contributed by atoms with Crippen LogP contribution in [0.2, 0.25) is 0 Å². The molecule has 1 unspecified atom stereocenters. The Balaban J connectivity index is 2.95. The van der Waals surface area contributed by atoms with Gasteiger partial charge in [0, 0.05) is 6.54 Å². The number of alkyl halides is 1. The molecule has 0 bridgehead atoms. The van der Waals surface area contributed by atoms with E-state index in [2.05, 4.69) is 36.7 Å². The molecule has 0 aromatic carbocycles. The predicted octanol–water partition coefficient (Wildman–Crippen LogP) is 2.90. The standard InChI is InChI=1S/C9H16BrNO2/c1-8(2,3)9(10)5-4-6-11(9)7(12)13/h4-6H2,1-3H3,(H,12,13). The molecule has 4 heteroatoms. The van der Waals surface area contributed by atoms with Gasteiger partial charge in [-0.05, 0) is 18.3 Å². The van der Waals surface area contributed by atoms with E-state index in [1.54, 1.807) is 0 Å². The second-order valence-corrected chi connectivity index (χ2v) is 5.86. The Labute approximate surface area is 87.2 Å². The van der Waals surface area contributed by atoms with Gasteiger partial charge >= 0.3 is 6.09 Å². The van der Waals surface area contributed by atoms with Crippen LogP contribution in [-0.4, -0.2) is 27.1 Å². The molecule has 0 radical (unpaired) electrons. The molecule has 3 nitrogen and oxygen atoms in total. The van der Waals surface area contributed by atoms with Crippen LogP contribution in [0.3, 0.4) is 0 Å². The number of hydrogen-bond donors (Lipinski definition) is 1. The summed E-state index contributed by atoms with van der Waals surface area (Å²) in [7, 11) is 0. The van der Waals surface area contributed by atoms with Gasteiger partial charge in [0.05, 0.1) is 0 Å². The quantitative estimate of drug-likeness (QED) is 0.530. The molecule has 1 heterocycles. The third-order valence-corrected chi connectivity index (χ3v) is 4.71. The highest BCUT2D eigenvalue weighted by Crippen LogP contribution is 2.48. The molecule has 1 saturated heterocycles. The zero-order valence-corrected chi connectivity index (χ0v) is 9.89. The maximum atomic E-state index is 11.0. The van der Waals surface area contributed by atoms with Gasteiger partial charge < -0.3 is 5.11 Å². The van der Waals surface area contributed by atoms with Crippen molar-refractivity contribution in [3.63, 3.8) is 0 Å². The van der Waals surface area contributed by atoms with E-state index in [0.717, 1.165) is 12.8 Å². The number of rotatable bonds is 0. The molecule has 0 aromatic rings. The minimum Gasteiger partial charge on any atom is -0.465 e. The van der Waals surface area contributed by atoms with Crippen molar-refractivity contribution in [2.24, 2.45) is 5.41 Å². The largest absolute Gasteiger partial charge is 0.465 e. The summed E-state index contributed by atoms with van der Waals surface area (Å²) in [5.41, 5.74) is -0.0676. The number of halogens is 1. The highest BCUT2D eigenvalue weighted by atomic mass is 79.9. The van der Waals surface area contributed by atoms with Crippen LogP contribution in [0.25, 0.3) is 0 Å². The van der Waals surface area contributed by atoms with E-state index in [1.807, 2.05) is 0 Å². The number of carbonyl (C=O) groups is 1. The Morgan fingerprint density at radius 3 is 2.38 bits per heavy atom. The third-order valence-electron chi connectivity index (χ3n) is 2.70. The average molecular weight is 250 g/mol. The van der Waals surface area contributed by atoms with E-state index < -0.39 is 6.09 Å². The van der Waals surface area contributed by atoms with E-state index in [4.69, 9.17) is 5.11 Å². The smallest absolute Gasteiger partial charge is 0.408 e. The Morgan fingerprint density at radius 1 is 1.54 bits per heavy atom. The first-order valence-electron chi connectivity index (χ1n) is 4.48. The summed E-state index contributed by atoms with van der Waals surface area (Å²) in [6.45, 7) is 6.81. The van der Waals surface area contributed by atoms with Crippen LogP contribution < -0.4 is 0 Å². The van der Waals surface area contributed by atoms with E-state index in [1.165, 1.54) is 4.90 Å². The Morgan fingerprint density at radius 2 is 2.08 bits per heavy atom. The number of amides is 1. The van der Waals surface area contributed by atoms with Crippen LogP contribution in [0.15, 0.2) is 0 Å². The average Bonchev–Trinajstić information content (AvgIpc) is 2.30. The number of nitrogens with zero attached hydrogens (tertiary/aromatic N) is 1. The molecule has 0 saturated carbocycles. The molecule has 1 amide bonds. The number of hydrogen-bond acceptors (Lipinski definition) is 1. The molecule has 0 aliphatic carbocycles. The van der Waals surface area contributed by atoms with Crippen LogP contribution in [0.1, 0.15) is 33.6 Å². The molecular formula is C9H16BrNO2. The molecule has 1 aliphatic rings. The van der Waals surface area contributed by atoms with E-state index in [-0.39, 0.29) is 9.86 Å². The van der Waals surface area contributed by atoms with Gasteiger partial charge in [0.2, 0.25) is 0 Å². The summed E-state index contributed by atoms with van der Waals surface area (Å²) < 4.78 is -0.383. The van der Waals surface area contributed by atoms with E-state index >= 15 is 0 Å². The molecule has 1 rings (SSSR count). The molecule has 1 fully saturated rings. The van der Waals surface area contributed by atoms with Gasteiger partial charge in [0.15, 0.2) is 0 Å². The summed E-state index contributed by atoms with van der Waals surface area (Å²) in [5.74, 6) is 0. The third kappa shape index (κ3) is 1.68. The fourth-order valence-electron chi connectivity index (χ4n) is 1.81. The molecule has 13 heavy (non-hydrogen) atoms. The first-order chi connectivity index (χ1) is 5.79. The maximum absolute atomic E-state index is 11.0. The zero-order chi connectivity index (χ0) is 10.3. The van der Waals surface area contributed by atoms with Crippen molar-refractivity contribution >= 4 is 22.0 Å². The molecule has 1 N–H and O–H groups in total. The van der Waals surface area contributed by atoms with Gasteiger partial charge in [-0.15, -0.1) is 0 Å². The summed E-state index contributed by atoms with van der Waals surface area (Å²) >= 11 is 3.58. The van der Waals surface area contributed by atoms with Gasteiger partial charge in [-0.25, -0.2) is 4.79 Å². The van der Waals surface area contributed by atoms with Gasteiger partial charge in [-0.2, -0.15) is 0 Å². The lowest BCUT2D eigenvalue weighted by atomic mass is 9.85. The summed E-state index contributed by atoms with van der Waals surface area (Å²) in [5, 5.41) is 9.01. The van der Waals surface area contributed by atoms with Crippen LogP contribution in [-0.2, 0) is 0 Å². The second kappa shape index (κ2) is 3.15. The van der Waals surface area contributed by atoms with Crippen molar-refractivity contribution in [1.29, 1.82) is 0 Å². The fourth-order valence-corrected chi connectivity index (χ4v) is 2.42. The molecule has 1 aliphatic heterocycles. The second-order valence-electron chi connectivity index (χ2n) is 4.55.